The fourth-order valence-corrected chi connectivity index (χ4v) is 3.01. The molecule has 2 aromatic rings. The van der Waals surface area contributed by atoms with Gasteiger partial charge in [0, 0.05) is 23.8 Å². The average Bonchev–Trinajstić information content (AvgIpc) is 2.85. The molecule has 0 aliphatic carbocycles. The summed E-state index contributed by atoms with van der Waals surface area (Å²) in [5, 5.41) is 29.5. The van der Waals surface area contributed by atoms with E-state index in [4.69, 9.17) is 14.2 Å². The summed E-state index contributed by atoms with van der Waals surface area (Å²) in [5.41, 5.74) is 0.724. The fraction of sp³-hybridized carbons (Fsp3) is 0.188. The van der Waals surface area contributed by atoms with E-state index in [1.807, 2.05) is 0 Å². The van der Waals surface area contributed by atoms with E-state index in [1.165, 1.54) is 31.4 Å². The lowest BCUT2D eigenvalue weighted by atomic mass is 9.88. The number of carbonyl (C=O) groups is 1. The number of carbonyl (C=O) groups excluding carboxylic acids is 1. The molecule has 7 nitrogen and oxygen atoms in total. The molecular formula is C16H12O7. The largest absolute Gasteiger partial charge is 0.507 e. The zero-order valence-corrected chi connectivity index (χ0v) is 11.9. The fourth-order valence-electron chi connectivity index (χ4n) is 3.01. The van der Waals surface area contributed by atoms with Gasteiger partial charge in [-0.2, -0.15) is 0 Å². The van der Waals surface area contributed by atoms with Crippen molar-refractivity contribution >= 4 is 5.97 Å². The molecule has 0 radical (unpaired) electrons. The highest BCUT2D eigenvalue weighted by molar-refractivity contribution is 5.87. The molecule has 0 amide bonds. The van der Waals surface area contributed by atoms with Gasteiger partial charge in [0.2, 0.25) is 0 Å². The van der Waals surface area contributed by atoms with Crippen LogP contribution in [0.2, 0.25) is 0 Å². The standard InChI is InChI=1S/C16H12O7/c1-21-6-2-10(19)14-12(3-6)23-16(20)13-7-4-8(17)9(18)5-11(7)22-15(13)14/h2-5,13,15,17-19H,1H3. The lowest BCUT2D eigenvalue weighted by Crippen LogP contribution is -2.28. The van der Waals surface area contributed by atoms with Crippen molar-refractivity contribution in [2.24, 2.45) is 0 Å². The minimum absolute atomic E-state index is 0.122. The maximum atomic E-state index is 12.3. The van der Waals surface area contributed by atoms with Crippen molar-refractivity contribution in [2.45, 2.75) is 12.0 Å². The molecule has 2 aromatic carbocycles. The first kappa shape index (κ1) is 13.6. The van der Waals surface area contributed by atoms with Crippen LogP contribution in [0, 0.1) is 0 Å². The highest BCUT2D eigenvalue weighted by atomic mass is 16.6. The summed E-state index contributed by atoms with van der Waals surface area (Å²) in [4.78, 5) is 12.3. The lowest BCUT2D eigenvalue weighted by Gasteiger charge is -2.27. The SMILES string of the molecule is COc1cc(O)c2c(c1)OC(=O)C1c3cc(O)c(O)cc3OC21. The average molecular weight is 316 g/mol. The Balaban J connectivity index is 1.89. The van der Waals surface area contributed by atoms with Crippen molar-refractivity contribution in [1.29, 1.82) is 0 Å². The van der Waals surface area contributed by atoms with Crippen LogP contribution in [-0.4, -0.2) is 28.4 Å². The summed E-state index contributed by atoms with van der Waals surface area (Å²) in [6.07, 6.45) is -0.798. The van der Waals surface area contributed by atoms with Crippen LogP contribution >= 0.6 is 0 Å². The molecule has 23 heavy (non-hydrogen) atoms. The van der Waals surface area contributed by atoms with Crippen LogP contribution in [0.1, 0.15) is 23.1 Å². The lowest BCUT2D eigenvalue weighted by molar-refractivity contribution is -0.139. The maximum absolute atomic E-state index is 12.3. The summed E-state index contributed by atoms with van der Waals surface area (Å²) in [6, 6.07) is 5.39. The van der Waals surface area contributed by atoms with E-state index in [1.54, 1.807) is 0 Å². The quantitative estimate of drug-likeness (QED) is 0.419. The Labute approximate surface area is 130 Å². The van der Waals surface area contributed by atoms with Crippen molar-refractivity contribution < 1.29 is 34.3 Å². The second-order valence-corrected chi connectivity index (χ2v) is 5.37. The second-order valence-electron chi connectivity index (χ2n) is 5.37. The van der Waals surface area contributed by atoms with E-state index in [0.29, 0.717) is 16.9 Å². The van der Waals surface area contributed by atoms with Crippen molar-refractivity contribution in [3.63, 3.8) is 0 Å². The van der Waals surface area contributed by atoms with Gasteiger partial charge in [-0.25, -0.2) is 0 Å². The number of methoxy groups -OCH3 is 1. The van der Waals surface area contributed by atoms with E-state index in [2.05, 4.69) is 0 Å². The molecule has 118 valence electrons. The Morgan fingerprint density at radius 1 is 1.00 bits per heavy atom. The second kappa shape index (κ2) is 4.45. The first-order chi connectivity index (χ1) is 11.0. The van der Waals surface area contributed by atoms with Gasteiger partial charge in [0.15, 0.2) is 11.5 Å². The number of fused-ring (bicyclic) bond motifs is 5. The Morgan fingerprint density at radius 3 is 2.48 bits per heavy atom. The van der Waals surface area contributed by atoms with Gasteiger partial charge in [-0.05, 0) is 6.07 Å². The summed E-state index contributed by atoms with van der Waals surface area (Å²) in [7, 11) is 1.43. The molecule has 4 rings (SSSR count). The van der Waals surface area contributed by atoms with E-state index in [0.717, 1.165) is 0 Å². The van der Waals surface area contributed by atoms with Crippen molar-refractivity contribution in [3.8, 4) is 34.5 Å². The number of rotatable bonds is 1. The van der Waals surface area contributed by atoms with Crippen LogP contribution in [0.5, 0.6) is 34.5 Å². The zero-order valence-electron chi connectivity index (χ0n) is 11.9. The molecule has 0 fully saturated rings. The summed E-state index contributed by atoms with van der Waals surface area (Å²) in [5.74, 6) is -1.46. The summed E-state index contributed by atoms with van der Waals surface area (Å²) in [6.45, 7) is 0. The molecular weight excluding hydrogens is 304 g/mol. The number of phenols is 3. The van der Waals surface area contributed by atoms with Crippen LogP contribution in [0.15, 0.2) is 24.3 Å². The van der Waals surface area contributed by atoms with Crippen LogP contribution in [0.3, 0.4) is 0 Å². The third kappa shape index (κ3) is 1.79. The van der Waals surface area contributed by atoms with Gasteiger partial charge in [0.25, 0.3) is 0 Å². The third-order valence-corrected chi connectivity index (χ3v) is 4.08. The first-order valence-electron chi connectivity index (χ1n) is 6.84. The van der Waals surface area contributed by atoms with Crippen LogP contribution in [-0.2, 0) is 4.79 Å². The Hall–Kier alpha value is -3.09. The van der Waals surface area contributed by atoms with Crippen LogP contribution in [0.4, 0.5) is 0 Å². The smallest absolute Gasteiger partial charge is 0.323 e. The summed E-state index contributed by atoms with van der Waals surface area (Å²) >= 11 is 0. The van der Waals surface area contributed by atoms with Gasteiger partial charge in [-0.3, -0.25) is 4.79 Å². The van der Waals surface area contributed by atoms with Gasteiger partial charge in [0.05, 0.1) is 12.7 Å². The van der Waals surface area contributed by atoms with Crippen molar-refractivity contribution in [3.05, 3.63) is 35.4 Å². The van der Waals surface area contributed by atoms with Gasteiger partial charge >= 0.3 is 5.97 Å². The normalized spacial score (nSPS) is 20.8. The van der Waals surface area contributed by atoms with Crippen molar-refractivity contribution in [1.82, 2.24) is 0 Å². The minimum atomic E-state index is -0.830. The predicted octanol–water partition coefficient (Wildman–Crippen LogP) is 1.95. The van der Waals surface area contributed by atoms with Gasteiger partial charge < -0.3 is 29.5 Å². The molecule has 3 N–H and O–H groups in total. The highest BCUT2D eigenvalue weighted by Gasteiger charge is 2.48. The molecule has 0 saturated carbocycles. The molecule has 0 saturated heterocycles. The van der Waals surface area contributed by atoms with Gasteiger partial charge in [-0.15, -0.1) is 0 Å². The molecule has 0 aromatic heterocycles. The van der Waals surface area contributed by atoms with Crippen LogP contribution < -0.4 is 14.2 Å². The highest BCUT2D eigenvalue weighted by Crippen LogP contribution is 2.56. The van der Waals surface area contributed by atoms with Crippen molar-refractivity contribution in [2.75, 3.05) is 7.11 Å². The number of hydrogen-bond acceptors (Lipinski definition) is 7. The number of esters is 1. The zero-order chi connectivity index (χ0) is 16.3. The van der Waals surface area contributed by atoms with E-state index in [9.17, 15) is 20.1 Å². The summed E-state index contributed by atoms with van der Waals surface area (Å²) < 4.78 is 16.1. The number of ether oxygens (including phenoxy) is 3. The molecule has 2 aliphatic rings. The predicted molar refractivity (Wildman–Crippen MR) is 76.2 cm³/mol. The molecule has 7 heteroatoms. The Bertz CT molecular complexity index is 843. The Morgan fingerprint density at radius 2 is 1.74 bits per heavy atom. The number of aromatic hydroxyl groups is 3. The Kier molecular flexibility index (Phi) is 2.63. The molecule has 0 spiro atoms. The van der Waals surface area contributed by atoms with Gasteiger partial charge in [-0.1, -0.05) is 0 Å². The van der Waals surface area contributed by atoms with Crippen LogP contribution in [0.25, 0.3) is 0 Å². The number of benzene rings is 2. The van der Waals surface area contributed by atoms with Gasteiger partial charge in [0.1, 0.15) is 35.0 Å². The van der Waals surface area contributed by atoms with E-state index >= 15 is 0 Å². The molecule has 2 unspecified atom stereocenters. The maximum Gasteiger partial charge on any atom is 0.323 e. The third-order valence-electron chi connectivity index (χ3n) is 4.08. The molecule has 2 heterocycles. The molecule has 0 bridgehead atoms. The number of phenolic OH excluding ortho intramolecular Hbond substituents is 3. The molecule has 2 aliphatic heterocycles. The minimum Gasteiger partial charge on any atom is -0.507 e. The topological polar surface area (TPSA) is 105 Å². The number of hydrogen-bond donors (Lipinski definition) is 3. The van der Waals surface area contributed by atoms with E-state index < -0.39 is 18.0 Å². The van der Waals surface area contributed by atoms with E-state index in [-0.39, 0.29) is 28.7 Å². The monoisotopic (exact) mass is 316 g/mol. The molecule has 2 atom stereocenters. The first-order valence-corrected chi connectivity index (χ1v) is 6.84.